The van der Waals surface area contributed by atoms with Gasteiger partial charge in [-0.2, -0.15) is 17.9 Å². The van der Waals surface area contributed by atoms with Crippen LogP contribution in [0.3, 0.4) is 0 Å². The molecular weight excluding hydrogens is 248 g/mol. The summed E-state index contributed by atoms with van der Waals surface area (Å²) >= 11 is 0. The molecule has 0 bridgehead atoms. The average molecular weight is 268 g/mol. The molecule has 0 aromatic carbocycles. The zero-order valence-electron chi connectivity index (χ0n) is 9.94. The Balaban J connectivity index is 2.54. The van der Waals surface area contributed by atoms with Crippen molar-refractivity contribution in [3.8, 4) is 0 Å². The van der Waals surface area contributed by atoms with Gasteiger partial charge in [-0.1, -0.05) is 0 Å². The molecule has 1 heterocycles. The molecule has 1 saturated heterocycles. The topological polar surface area (TPSA) is 96.9 Å². The molecule has 1 aliphatic rings. The van der Waals surface area contributed by atoms with Gasteiger partial charge in [0.25, 0.3) is 10.2 Å². The lowest BCUT2D eigenvalue weighted by Crippen LogP contribution is -2.57. The first-order chi connectivity index (χ1) is 8.04. The van der Waals surface area contributed by atoms with Crippen molar-refractivity contribution >= 4 is 10.2 Å². The maximum absolute atomic E-state index is 11.7. The minimum atomic E-state index is -3.62. The summed E-state index contributed by atoms with van der Waals surface area (Å²) in [6, 6.07) is 0. The normalized spacial score (nSPS) is 20.4. The van der Waals surface area contributed by atoms with Crippen molar-refractivity contribution < 1.29 is 23.0 Å². The van der Waals surface area contributed by atoms with Crippen LogP contribution < -0.4 is 9.44 Å². The Bertz CT molecular complexity index is 313. The molecule has 0 radical (unpaired) electrons. The van der Waals surface area contributed by atoms with Crippen LogP contribution in [0.4, 0.5) is 0 Å². The zero-order valence-corrected chi connectivity index (χ0v) is 10.8. The van der Waals surface area contributed by atoms with Gasteiger partial charge in [-0.25, -0.2) is 0 Å². The summed E-state index contributed by atoms with van der Waals surface area (Å²) in [6.07, 6.45) is 0.934. The van der Waals surface area contributed by atoms with Gasteiger partial charge in [0.05, 0.1) is 18.8 Å². The second-order valence-corrected chi connectivity index (χ2v) is 5.54. The number of methoxy groups -OCH3 is 1. The fourth-order valence-corrected chi connectivity index (χ4v) is 2.92. The molecule has 0 amide bonds. The van der Waals surface area contributed by atoms with Crippen molar-refractivity contribution in [3.63, 3.8) is 0 Å². The molecule has 0 spiro atoms. The lowest BCUT2D eigenvalue weighted by Gasteiger charge is -2.35. The van der Waals surface area contributed by atoms with Crippen LogP contribution in [0.2, 0.25) is 0 Å². The quantitative estimate of drug-likeness (QED) is 0.493. The largest absolute Gasteiger partial charge is 0.394 e. The molecule has 0 saturated carbocycles. The number of aliphatic hydroxyl groups excluding tert-OH is 1. The number of aliphatic hydroxyl groups is 1. The van der Waals surface area contributed by atoms with Crippen molar-refractivity contribution in [2.75, 3.05) is 40.1 Å². The highest BCUT2D eigenvalue weighted by atomic mass is 32.2. The third kappa shape index (κ3) is 4.86. The van der Waals surface area contributed by atoms with Gasteiger partial charge in [-0.05, 0) is 12.8 Å². The zero-order chi connectivity index (χ0) is 12.8. The molecule has 1 aliphatic heterocycles. The van der Waals surface area contributed by atoms with Gasteiger partial charge < -0.3 is 14.6 Å². The highest BCUT2D eigenvalue weighted by molar-refractivity contribution is 7.87. The lowest BCUT2D eigenvalue weighted by atomic mass is 9.93. The maximum atomic E-state index is 11.7. The fourth-order valence-electron chi connectivity index (χ4n) is 1.65. The predicted molar refractivity (Wildman–Crippen MR) is 61.8 cm³/mol. The summed E-state index contributed by atoms with van der Waals surface area (Å²) in [4.78, 5) is 0. The van der Waals surface area contributed by atoms with Gasteiger partial charge in [0.1, 0.15) is 0 Å². The highest BCUT2D eigenvalue weighted by Crippen LogP contribution is 2.20. The van der Waals surface area contributed by atoms with E-state index in [1.54, 1.807) is 0 Å². The third-order valence-corrected chi connectivity index (χ3v) is 3.99. The summed E-state index contributed by atoms with van der Waals surface area (Å²) in [7, 11) is -2.12. The Labute approximate surface area is 102 Å². The van der Waals surface area contributed by atoms with Crippen molar-refractivity contribution in [2.24, 2.45) is 0 Å². The van der Waals surface area contributed by atoms with Crippen molar-refractivity contribution in [3.05, 3.63) is 0 Å². The van der Waals surface area contributed by atoms with Gasteiger partial charge >= 0.3 is 0 Å². The number of nitrogens with one attached hydrogen (secondary N) is 2. The number of hydrogen-bond donors (Lipinski definition) is 3. The Morgan fingerprint density at radius 3 is 2.59 bits per heavy atom. The second kappa shape index (κ2) is 6.62. The van der Waals surface area contributed by atoms with Crippen LogP contribution in [0.25, 0.3) is 0 Å². The molecule has 17 heavy (non-hydrogen) atoms. The standard InChI is InChI=1S/C9H20N2O5S/c1-15-7-4-10-17(13,14)11-9(8-12)2-5-16-6-3-9/h10-12H,2-8H2,1H3. The van der Waals surface area contributed by atoms with E-state index in [1.165, 1.54) is 7.11 Å². The first kappa shape index (κ1) is 14.8. The maximum Gasteiger partial charge on any atom is 0.277 e. The molecule has 102 valence electrons. The molecule has 1 rings (SSSR count). The monoisotopic (exact) mass is 268 g/mol. The first-order valence-electron chi connectivity index (χ1n) is 5.50. The SMILES string of the molecule is COCCNS(=O)(=O)NC1(CO)CCOCC1. The molecule has 0 atom stereocenters. The van der Waals surface area contributed by atoms with Crippen LogP contribution >= 0.6 is 0 Å². The van der Waals surface area contributed by atoms with Crippen LogP contribution in [0.5, 0.6) is 0 Å². The summed E-state index contributed by atoms with van der Waals surface area (Å²) < 4.78 is 38.2. The van der Waals surface area contributed by atoms with E-state index in [-0.39, 0.29) is 13.2 Å². The lowest BCUT2D eigenvalue weighted by molar-refractivity contribution is 0.0221. The van der Waals surface area contributed by atoms with E-state index in [2.05, 4.69) is 9.44 Å². The van der Waals surface area contributed by atoms with Crippen molar-refractivity contribution in [1.29, 1.82) is 0 Å². The smallest absolute Gasteiger partial charge is 0.277 e. The highest BCUT2D eigenvalue weighted by Gasteiger charge is 2.35. The fraction of sp³-hybridized carbons (Fsp3) is 1.00. The average Bonchev–Trinajstić information content (AvgIpc) is 2.30. The van der Waals surface area contributed by atoms with Crippen molar-refractivity contribution in [1.82, 2.24) is 9.44 Å². The predicted octanol–water partition coefficient (Wildman–Crippen LogP) is -1.40. The molecule has 7 nitrogen and oxygen atoms in total. The van der Waals surface area contributed by atoms with Gasteiger partial charge in [-0.15, -0.1) is 0 Å². The molecule has 0 unspecified atom stereocenters. The second-order valence-electron chi connectivity index (χ2n) is 4.04. The molecular formula is C9H20N2O5S. The Morgan fingerprint density at radius 1 is 1.41 bits per heavy atom. The molecule has 0 aromatic rings. The third-order valence-electron chi connectivity index (χ3n) is 2.70. The van der Waals surface area contributed by atoms with Crippen LogP contribution in [-0.2, 0) is 19.7 Å². The van der Waals surface area contributed by atoms with Crippen LogP contribution in [0.1, 0.15) is 12.8 Å². The summed E-state index contributed by atoms with van der Waals surface area (Å²) in [6.45, 7) is 1.16. The molecule has 1 fully saturated rings. The molecule has 8 heteroatoms. The molecule has 3 N–H and O–H groups in total. The Kier molecular flexibility index (Phi) is 5.77. The van der Waals surface area contributed by atoms with Crippen LogP contribution in [0, 0.1) is 0 Å². The van der Waals surface area contributed by atoms with E-state index in [9.17, 15) is 13.5 Å². The van der Waals surface area contributed by atoms with E-state index in [4.69, 9.17) is 9.47 Å². The number of hydrogen-bond acceptors (Lipinski definition) is 5. The van der Waals surface area contributed by atoms with Gasteiger partial charge in [-0.3, -0.25) is 0 Å². The molecule has 0 aliphatic carbocycles. The summed E-state index contributed by atoms with van der Waals surface area (Å²) in [5.74, 6) is 0. The van der Waals surface area contributed by atoms with E-state index >= 15 is 0 Å². The van der Waals surface area contributed by atoms with E-state index < -0.39 is 15.7 Å². The van der Waals surface area contributed by atoms with Gasteiger partial charge in [0.15, 0.2) is 0 Å². The Morgan fingerprint density at radius 2 is 2.06 bits per heavy atom. The number of rotatable bonds is 7. The van der Waals surface area contributed by atoms with Crippen molar-refractivity contribution in [2.45, 2.75) is 18.4 Å². The van der Waals surface area contributed by atoms with Gasteiger partial charge in [0.2, 0.25) is 0 Å². The summed E-state index contributed by atoms with van der Waals surface area (Å²) in [5, 5.41) is 9.34. The van der Waals surface area contributed by atoms with E-state index in [0.717, 1.165) is 0 Å². The molecule has 0 aromatic heterocycles. The minimum Gasteiger partial charge on any atom is -0.394 e. The first-order valence-corrected chi connectivity index (χ1v) is 6.98. The van der Waals surface area contributed by atoms with Crippen LogP contribution in [0.15, 0.2) is 0 Å². The van der Waals surface area contributed by atoms with E-state index in [1.807, 2.05) is 0 Å². The minimum absolute atomic E-state index is 0.198. The Hall–Kier alpha value is -0.250. The number of ether oxygens (including phenoxy) is 2. The summed E-state index contributed by atoms with van der Waals surface area (Å²) in [5.41, 5.74) is -0.808. The van der Waals surface area contributed by atoms with Gasteiger partial charge in [0, 0.05) is 26.9 Å². The van der Waals surface area contributed by atoms with E-state index in [0.29, 0.717) is 32.7 Å². The van der Waals surface area contributed by atoms with Crippen LogP contribution in [-0.4, -0.2) is 59.1 Å².